The number of aliphatic hydroxyl groups excluding tert-OH is 2. The number of benzene rings is 2. The molecule has 3 N–H and O–H groups in total. The third kappa shape index (κ3) is 6.76. The number of aliphatic hydroxyl groups is 2. The number of aryl methyl sites for hydroxylation is 1. The van der Waals surface area contributed by atoms with Crippen LogP contribution in [-0.2, 0) is 22.7 Å². The number of piperazine rings is 1. The molecule has 1 fully saturated rings. The molecule has 2 aromatic carbocycles. The van der Waals surface area contributed by atoms with Crippen LogP contribution in [0.25, 0.3) is 10.9 Å². The summed E-state index contributed by atoms with van der Waals surface area (Å²) in [6.07, 6.45) is -3.78. The number of para-hydroxylation sites is 2. The molecule has 4 aromatic rings. The molecule has 3 heterocycles. The van der Waals surface area contributed by atoms with Crippen LogP contribution in [0.4, 0.5) is 5.69 Å². The molecule has 0 bridgehead atoms. The molecule has 0 aliphatic carbocycles. The minimum atomic E-state index is -1.91. The van der Waals surface area contributed by atoms with Gasteiger partial charge in [0.1, 0.15) is 17.4 Å². The molecule has 0 spiro atoms. The van der Waals surface area contributed by atoms with Crippen LogP contribution in [0.5, 0.6) is 5.75 Å². The standard InChI is InChI=1S/C29H30ClN5O5S/c1-18-14-24(20-6-2-4-8-22(20)32-18)40-16-19-17-41-25(33-19)15-31-28(38)26(36)27(37)29(39)35-12-10-34(11-13-35)23-9-5-3-7-21(23)30/h2-9,14,17,26-27,36-37H,10-13,15-16H2,1H3,(H,31,38)/t26-,27-/m1/s1. The van der Waals surface area contributed by atoms with E-state index in [1.54, 1.807) is 6.07 Å². The van der Waals surface area contributed by atoms with Crippen LogP contribution >= 0.6 is 22.9 Å². The number of pyridine rings is 1. The van der Waals surface area contributed by atoms with E-state index >= 15 is 0 Å². The maximum absolute atomic E-state index is 12.8. The van der Waals surface area contributed by atoms with Crippen LogP contribution in [0.1, 0.15) is 16.4 Å². The number of anilines is 1. The molecule has 12 heteroatoms. The van der Waals surface area contributed by atoms with E-state index < -0.39 is 24.0 Å². The van der Waals surface area contributed by atoms with Gasteiger partial charge in [0.25, 0.3) is 11.8 Å². The van der Waals surface area contributed by atoms with Crippen molar-refractivity contribution in [3.05, 3.63) is 81.4 Å². The number of aromatic nitrogens is 2. The zero-order chi connectivity index (χ0) is 28.9. The molecule has 2 amide bonds. The summed E-state index contributed by atoms with van der Waals surface area (Å²) in [5, 5.41) is 27.3. The van der Waals surface area contributed by atoms with Gasteiger partial charge >= 0.3 is 0 Å². The topological polar surface area (TPSA) is 128 Å². The number of amides is 2. The van der Waals surface area contributed by atoms with Crippen molar-refractivity contribution >= 4 is 51.3 Å². The Morgan fingerprint density at radius 2 is 1.78 bits per heavy atom. The van der Waals surface area contributed by atoms with E-state index in [2.05, 4.69) is 20.2 Å². The van der Waals surface area contributed by atoms with Crippen molar-refractivity contribution < 1.29 is 24.5 Å². The number of hydrogen-bond donors (Lipinski definition) is 3. The molecule has 0 radical (unpaired) electrons. The van der Waals surface area contributed by atoms with Gasteiger partial charge in [0.15, 0.2) is 12.2 Å². The predicted molar refractivity (Wildman–Crippen MR) is 157 cm³/mol. The van der Waals surface area contributed by atoms with Gasteiger partial charge in [-0.25, -0.2) is 4.98 Å². The van der Waals surface area contributed by atoms with Crippen molar-refractivity contribution in [3.8, 4) is 5.75 Å². The van der Waals surface area contributed by atoms with Crippen LogP contribution in [0, 0.1) is 6.92 Å². The summed E-state index contributed by atoms with van der Waals surface area (Å²) >= 11 is 7.60. The Balaban J connectivity index is 1.09. The first-order valence-electron chi connectivity index (χ1n) is 13.1. The summed E-state index contributed by atoms with van der Waals surface area (Å²) in [7, 11) is 0. The third-order valence-electron chi connectivity index (χ3n) is 6.80. The Labute approximate surface area is 246 Å². The smallest absolute Gasteiger partial charge is 0.254 e. The average Bonchev–Trinajstić information content (AvgIpc) is 3.45. The Bertz CT molecular complexity index is 1540. The Morgan fingerprint density at radius 1 is 1.05 bits per heavy atom. The number of nitrogens with zero attached hydrogens (tertiary/aromatic N) is 4. The summed E-state index contributed by atoms with van der Waals surface area (Å²) < 4.78 is 6.01. The molecule has 2 atom stereocenters. The fraction of sp³-hybridized carbons (Fsp3) is 0.310. The quantitative estimate of drug-likeness (QED) is 0.269. The fourth-order valence-electron chi connectivity index (χ4n) is 4.65. The van der Waals surface area contributed by atoms with Crippen molar-refractivity contribution in [2.75, 3.05) is 31.1 Å². The van der Waals surface area contributed by atoms with Crippen molar-refractivity contribution in [1.82, 2.24) is 20.2 Å². The highest BCUT2D eigenvalue weighted by Gasteiger charge is 2.34. The summed E-state index contributed by atoms with van der Waals surface area (Å²) in [4.78, 5) is 37.8. The number of rotatable bonds is 9. The lowest BCUT2D eigenvalue weighted by Crippen LogP contribution is -2.55. The van der Waals surface area contributed by atoms with Gasteiger partial charge < -0.3 is 30.1 Å². The van der Waals surface area contributed by atoms with E-state index in [1.807, 2.05) is 60.8 Å². The van der Waals surface area contributed by atoms with Crippen LogP contribution in [0.2, 0.25) is 5.02 Å². The zero-order valence-electron chi connectivity index (χ0n) is 22.4. The summed E-state index contributed by atoms with van der Waals surface area (Å²) in [5.74, 6) is -0.839. The van der Waals surface area contributed by atoms with Crippen LogP contribution < -0.4 is 15.0 Å². The van der Waals surface area contributed by atoms with E-state index in [1.165, 1.54) is 16.2 Å². The minimum absolute atomic E-state index is 0.0370. The number of ether oxygens (including phenoxy) is 1. The van der Waals surface area contributed by atoms with E-state index in [4.69, 9.17) is 16.3 Å². The van der Waals surface area contributed by atoms with E-state index in [-0.39, 0.29) is 13.2 Å². The molecular formula is C29H30ClN5O5S. The molecule has 214 valence electrons. The molecule has 0 saturated carbocycles. The second-order valence-corrected chi connectivity index (χ2v) is 11.0. The SMILES string of the molecule is Cc1cc(OCc2csc(CNC(=O)[C@H](O)[C@@H](O)C(=O)N3CCN(c4ccccc4Cl)CC3)n2)c2ccccc2n1. The van der Waals surface area contributed by atoms with Crippen molar-refractivity contribution in [2.24, 2.45) is 0 Å². The lowest BCUT2D eigenvalue weighted by atomic mass is 10.1. The highest BCUT2D eigenvalue weighted by atomic mass is 35.5. The van der Waals surface area contributed by atoms with Crippen molar-refractivity contribution in [1.29, 1.82) is 0 Å². The highest BCUT2D eigenvalue weighted by molar-refractivity contribution is 7.09. The van der Waals surface area contributed by atoms with Gasteiger partial charge in [0.2, 0.25) is 0 Å². The van der Waals surface area contributed by atoms with Gasteiger partial charge in [-0.2, -0.15) is 0 Å². The molecule has 2 aromatic heterocycles. The molecule has 10 nitrogen and oxygen atoms in total. The fourth-order valence-corrected chi connectivity index (χ4v) is 5.62. The third-order valence-corrected chi connectivity index (χ3v) is 8.02. The number of carbonyl (C=O) groups is 2. The summed E-state index contributed by atoms with van der Waals surface area (Å²) in [5.41, 5.74) is 3.25. The van der Waals surface area contributed by atoms with Gasteiger partial charge in [-0.3, -0.25) is 14.6 Å². The lowest BCUT2D eigenvalue weighted by Gasteiger charge is -2.37. The van der Waals surface area contributed by atoms with Crippen LogP contribution in [-0.4, -0.2) is 75.3 Å². The van der Waals surface area contributed by atoms with Crippen LogP contribution in [0.3, 0.4) is 0 Å². The second-order valence-electron chi connectivity index (χ2n) is 9.67. The number of nitrogens with one attached hydrogen (secondary N) is 1. The molecule has 1 saturated heterocycles. The molecule has 0 unspecified atom stereocenters. The van der Waals surface area contributed by atoms with Crippen molar-refractivity contribution in [2.45, 2.75) is 32.3 Å². The van der Waals surface area contributed by atoms with Gasteiger partial charge in [0.05, 0.1) is 28.5 Å². The van der Waals surface area contributed by atoms with E-state index in [9.17, 15) is 19.8 Å². The first-order valence-corrected chi connectivity index (χ1v) is 14.4. The van der Waals surface area contributed by atoms with E-state index in [0.717, 1.165) is 22.3 Å². The maximum Gasteiger partial charge on any atom is 0.254 e. The maximum atomic E-state index is 12.8. The highest BCUT2D eigenvalue weighted by Crippen LogP contribution is 2.27. The molecule has 5 rings (SSSR count). The molecule has 41 heavy (non-hydrogen) atoms. The van der Waals surface area contributed by atoms with Gasteiger partial charge in [-0.1, -0.05) is 35.9 Å². The first kappa shape index (κ1) is 28.7. The number of hydrogen-bond acceptors (Lipinski definition) is 9. The summed E-state index contributed by atoms with van der Waals surface area (Å²) in [6.45, 7) is 3.86. The lowest BCUT2D eigenvalue weighted by molar-refractivity contribution is -0.153. The number of fused-ring (bicyclic) bond motifs is 1. The number of carbonyl (C=O) groups excluding carboxylic acids is 2. The van der Waals surface area contributed by atoms with Gasteiger partial charge in [-0.05, 0) is 31.2 Å². The Hall–Kier alpha value is -3.77. The van der Waals surface area contributed by atoms with Gasteiger partial charge in [0, 0.05) is 48.7 Å². The molecule has 1 aliphatic rings. The number of halogens is 1. The molecular weight excluding hydrogens is 566 g/mol. The predicted octanol–water partition coefficient (Wildman–Crippen LogP) is 2.92. The Kier molecular flexibility index (Phi) is 8.99. The minimum Gasteiger partial charge on any atom is -0.486 e. The average molecular weight is 596 g/mol. The zero-order valence-corrected chi connectivity index (χ0v) is 23.9. The molecule has 1 aliphatic heterocycles. The Morgan fingerprint density at radius 3 is 2.56 bits per heavy atom. The summed E-state index contributed by atoms with van der Waals surface area (Å²) in [6, 6.07) is 17.1. The normalized spacial score (nSPS) is 15.0. The monoisotopic (exact) mass is 595 g/mol. The van der Waals surface area contributed by atoms with Gasteiger partial charge in [-0.15, -0.1) is 11.3 Å². The number of thiazole rings is 1. The van der Waals surface area contributed by atoms with Crippen molar-refractivity contribution in [3.63, 3.8) is 0 Å². The largest absolute Gasteiger partial charge is 0.486 e. The van der Waals surface area contributed by atoms with Crippen LogP contribution in [0.15, 0.2) is 60.0 Å². The first-order chi connectivity index (χ1) is 19.8. The van der Waals surface area contributed by atoms with E-state index in [0.29, 0.717) is 47.7 Å². The second kappa shape index (κ2) is 12.8.